The molecule has 0 spiro atoms. The van der Waals surface area contributed by atoms with Crippen molar-refractivity contribution in [1.82, 2.24) is 19.7 Å². The number of rotatable bonds is 4. The Morgan fingerprint density at radius 1 is 1.18 bits per heavy atom. The Bertz CT molecular complexity index is 1400. The summed E-state index contributed by atoms with van der Waals surface area (Å²) in [6, 6.07) is 12.8. The number of fused-ring (bicyclic) bond motifs is 1. The number of carbonyl (C=O) groups excluding carboxylic acids is 1. The number of aryl methyl sites for hydroxylation is 1. The van der Waals surface area contributed by atoms with Gasteiger partial charge in [-0.15, -0.1) is 0 Å². The van der Waals surface area contributed by atoms with Crippen LogP contribution in [0.1, 0.15) is 38.6 Å². The Hall–Kier alpha value is -4.26. The number of carbonyl (C=O) groups is 1. The van der Waals surface area contributed by atoms with E-state index in [1.807, 2.05) is 12.1 Å². The first-order valence-electron chi connectivity index (χ1n) is 9.84. The molecule has 0 saturated heterocycles. The lowest BCUT2D eigenvalue weighted by molar-refractivity contribution is -0.141. The van der Waals surface area contributed by atoms with Crippen molar-refractivity contribution in [2.24, 2.45) is 0 Å². The van der Waals surface area contributed by atoms with Crippen LogP contribution in [0.15, 0.2) is 48.7 Å². The number of benzene rings is 1. The summed E-state index contributed by atoms with van der Waals surface area (Å²) in [5.41, 5.74) is 1.47. The van der Waals surface area contributed by atoms with Crippen LogP contribution in [0.25, 0.3) is 11.0 Å². The molecule has 0 fully saturated rings. The van der Waals surface area contributed by atoms with Crippen LogP contribution in [-0.2, 0) is 12.7 Å². The normalized spacial score (nSPS) is 11.4. The van der Waals surface area contributed by atoms with Gasteiger partial charge in [0, 0.05) is 11.6 Å². The highest BCUT2D eigenvalue weighted by molar-refractivity contribution is 6.12. The zero-order valence-electron chi connectivity index (χ0n) is 17.6. The minimum Gasteiger partial charge on any atom is -0.319 e. The van der Waals surface area contributed by atoms with Crippen LogP contribution < -0.4 is 5.32 Å². The molecule has 0 atom stereocenters. The summed E-state index contributed by atoms with van der Waals surface area (Å²) in [4.78, 5) is 20.5. The van der Waals surface area contributed by atoms with Gasteiger partial charge in [-0.3, -0.25) is 9.48 Å². The Kier molecular flexibility index (Phi) is 5.55. The molecule has 4 aromatic rings. The van der Waals surface area contributed by atoms with Gasteiger partial charge in [0.05, 0.1) is 40.8 Å². The monoisotopic (exact) mass is 450 g/mol. The predicted octanol–water partition coefficient (Wildman–Crippen LogP) is 4.63. The van der Waals surface area contributed by atoms with E-state index in [1.54, 1.807) is 30.7 Å². The fraction of sp³-hybridized carbons (Fsp3) is 0.174. The highest BCUT2D eigenvalue weighted by atomic mass is 19.4. The Labute approximate surface area is 186 Å². The molecular formula is C23H17F3N6O. The molecule has 0 saturated carbocycles. The number of aromatic nitrogens is 4. The van der Waals surface area contributed by atoms with Crippen molar-refractivity contribution in [3.63, 3.8) is 0 Å². The molecule has 0 aliphatic rings. The van der Waals surface area contributed by atoms with Gasteiger partial charge in [-0.1, -0.05) is 12.1 Å². The van der Waals surface area contributed by atoms with Crippen molar-refractivity contribution < 1.29 is 18.0 Å². The van der Waals surface area contributed by atoms with E-state index in [2.05, 4.69) is 26.5 Å². The lowest BCUT2D eigenvalue weighted by Gasteiger charge is -2.12. The molecule has 33 heavy (non-hydrogen) atoms. The molecule has 7 nitrogen and oxygen atoms in total. The number of nitrogens with one attached hydrogen (secondary N) is 1. The van der Waals surface area contributed by atoms with Gasteiger partial charge in [0.25, 0.3) is 5.91 Å². The van der Waals surface area contributed by atoms with Gasteiger partial charge in [-0.2, -0.15) is 23.5 Å². The highest BCUT2D eigenvalue weighted by Gasteiger charge is 2.34. The first kappa shape index (κ1) is 22.0. The largest absolute Gasteiger partial charge is 0.433 e. The topological polar surface area (TPSA) is 96.5 Å². The molecule has 1 aromatic carbocycles. The molecule has 0 aliphatic heterocycles. The van der Waals surface area contributed by atoms with Gasteiger partial charge < -0.3 is 5.32 Å². The number of anilines is 1. The average Bonchev–Trinajstić information content (AvgIpc) is 3.05. The number of alkyl halides is 3. The van der Waals surface area contributed by atoms with E-state index in [4.69, 9.17) is 5.26 Å². The second-order valence-corrected chi connectivity index (χ2v) is 7.39. The third-order valence-corrected chi connectivity index (χ3v) is 5.15. The van der Waals surface area contributed by atoms with E-state index in [0.717, 1.165) is 11.6 Å². The Balaban J connectivity index is 1.67. The van der Waals surface area contributed by atoms with E-state index in [9.17, 15) is 18.0 Å². The first-order valence-corrected chi connectivity index (χ1v) is 9.84. The SMILES string of the molecule is Cc1nn(Cc2ccc(C#N)cc2)c(C)c1NC(=O)c1cc(C(F)(F)F)nc2ncccc12. The maximum atomic E-state index is 13.3. The van der Waals surface area contributed by atoms with Crippen LogP contribution in [0.5, 0.6) is 0 Å². The van der Waals surface area contributed by atoms with Crippen LogP contribution in [0.4, 0.5) is 18.9 Å². The summed E-state index contributed by atoms with van der Waals surface area (Å²) in [6.07, 6.45) is -3.41. The minimum absolute atomic E-state index is 0.164. The molecule has 10 heteroatoms. The molecule has 3 heterocycles. The van der Waals surface area contributed by atoms with Crippen molar-refractivity contribution >= 4 is 22.6 Å². The third-order valence-electron chi connectivity index (χ3n) is 5.15. The number of pyridine rings is 2. The van der Waals surface area contributed by atoms with Crippen LogP contribution in [0.2, 0.25) is 0 Å². The van der Waals surface area contributed by atoms with Gasteiger partial charge in [-0.25, -0.2) is 9.97 Å². The lowest BCUT2D eigenvalue weighted by atomic mass is 10.1. The molecule has 1 amide bonds. The first-order chi connectivity index (χ1) is 15.7. The van der Waals surface area contributed by atoms with Crippen LogP contribution >= 0.6 is 0 Å². The number of nitriles is 1. The zero-order chi connectivity index (χ0) is 23.8. The van der Waals surface area contributed by atoms with E-state index in [0.29, 0.717) is 29.2 Å². The summed E-state index contributed by atoms with van der Waals surface area (Å²) in [7, 11) is 0. The van der Waals surface area contributed by atoms with Crippen LogP contribution in [0, 0.1) is 25.2 Å². The maximum absolute atomic E-state index is 13.3. The Morgan fingerprint density at radius 2 is 1.91 bits per heavy atom. The quantitative estimate of drug-likeness (QED) is 0.489. The molecule has 0 bridgehead atoms. The number of halogens is 3. The molecule has 3 aromatic heterocycles. The molecule has 1 N–H and O–H groups in total. The Morgan fingerprint density at radius 3 is 2.58 bits per heavy atom. The van der Waals surface area contributed by atoms with E-state index in [1.165, 1.54) is 18.3 Å². The number of hydrogen-bond donors (Lipinski definition) is 1. The molecule has 166 valence electrons. The smallest absolute Gasteiger partial charge is 0.319 e. The second kappa shape index (κ2) is 8.35. The zero-order valence-corrected chi connectivity index (χ0v) is 17.6. The van der Waals surface area contributed by atoms with Crippen molar-refractivity contribution in [3.05, 3.63) is 82.4 Å². The molecule has 0 radical (unpaired) electrons. The fourth-order valence-corrected chi connectivity index (χ4v) is 3.46. The van der Waals surface area contributed by atoms with Gasteiger partial charge in [-0.05, 0) is 49.7 Å². The number of hydrogen-bond acceptors (Lipinski definition) is 5. The number of nitrogens with zero attached hydrogens (tertiary/aromatic N) is 5. The summed E-state index contributed by atoms with van der Waals surface area (Å²) < 4.78 is 41.6. The molecular weight excluding hydrogens is 433 g/mol. The predicted molar refractivity (Wildman–Crippen MR) is 114 cm³/mol. The maximum Gasteiger partial charge on any atom is 0.433 e. The highest BCUT2D eigenvalue weighted by Crippen LogP contribution is 2.31. The van der Waals surface area contributed by atoms with Gasteiger partial charge in [0.1, 0.15) is 5.69 Å². The van der Waals surface area contributed by atoms with E-state index >= 15 is 0 Å². The van der Waals surface area contributed by atoms with Gasteiger partial charge in [0.2, 0.25) is 0 Å². The van der Waals surface area contributed by atoms with Gasteiger partial charge in [0.15, 0.2) is 5.65 Å². The third kappa shape index (κ3) is 4.39. The van der Waals surface area contributed by atoms with E-state index < -0.39 is 17.8 Å². The lowest BCUT2D eigenvalue weighted by Crippen LogP contribution is -2.17. The van der Waals surface area contributed by atoms with Gasteiger partial charge >= 0.3 is 6.18 Å². The van der Waals surface area contributed by atoms with E-state index in [-0.39, 0.29) is 16.6 Å². The fourth-order valence-electron chi connectivity index (χ4n) is 3.46. The van der Waals surface area contributed by atoms with Crippen molar-refractivity contribution in [2.75, 3.05) is 5.32 Å². The minimum atomic E-state index is -4.72. The van der Waals surface area contributed by atoms with Crippen molar-refractivity contribution in [1.29, 1.82) is 5.26 Å². The summed E-state index contributed by atoms with van der Waals surface area (Å²) in [6.45, 7) is 3.85. The van der Waals surface area contributed by atoms with Crippen molar-refractivity contribution in [3.8, 4) is 6.07 Å². The average molecular weight is 450 g/mol. The van der Waals surface area contributed by atoms with Crippen LogP contribution in [0.3, 0.4) is 0 Å². The standard InChI is InChI=1S/C23H17F3N6O/c1-13-20(14(2)32(31-13)12-16-7-5-15(11-27)6-8-16)30-22(33)18-10-19(23(24,25)26)29-21-17(18)4-3-9-28-21/h3-10H,12H2,1-2H3,(H,30,33). The van der Waals surface area contributed by atoms with Crippen LogP contribution in [-0.4, -0.2) is 25.7 Å². The molecule has 4 rings (SSSR count). The molecule has 0 unspecified atom stereocenters. The summed E-state index contributed by atoms with van der Waals surface area (Å²) in [5, 5.41) is 16.3. The summed E-state index contributed by atoms with van der Waals surface area (Å²) >= 11 is 0. The molecule has 0 aliphatic carbocycles. The van der Waals surface area contributed by atoms with Crippen molar-refractivity contribution in [2.45, 2.75) is 26.6 Å². The second-order valence-electron chi connectivity index (χ2n) is 7.39. The summed E-state index contributed by atoms with van der Waals surface area (Å²) in [5.74, 6) is -0.718. The number of amides is 1.